The van der Waals surface area contributed by atoms with Gasteiger partial charge in [-0.15, -0.1) is 0 Å². The topological polar surface area (TPSA) is 204 Å². The highest BCUT2D eigenvalue weighted by molar-refractivity contribution is 6.75. The van der Waals surface area contributed by atoms with Gasteiger partial charge in [0.25, 0.3) is 16.6 Å². The first-order chi connectivity index (χ1) is 45.0. The van der Waals surface area contributed by atoms with Gasteiger partial charge < -0.3 is 75.9 Å². The van der Waals surface area contributed by atoms with Crippen LogP contribution < -0.4 is 65.7 Å². The molecule has 0 aromatic heterocycles. The molecule has 0 fully saturated rings. The van der Waals surface area contributed by atoms with Gasteiger partial charge in [0.05, 0.1) is 91.4 Å². The number of carbonyl (C=O) groups is 2. The van der Waals surface area contributed by atoms with E-state index >= 15 is 0 Å². The number of Topliss-reactive ketones (excluding diaryl/α,β-unsaturated/α-hetero) is 2. The minimum atomic E-state index is -2.11. The number of aromatic hydroxyl groups is 1. The Labute approximate surface area is 615 Å². The van der Waals surface area contributed by atoms with Crippen LogP contribution in [0.25, 0.3) is 5.57 Å². The quantitative estimate of drug-likeness (QED) is 0.0572. The summed E-state index contributed by atoms with van der Waals surface area (Å²) in [5.74, 6) is 8.40. The molecule has 3 atom stereocenters. The molecule has 6 aromatic carbocycles. The zero-order valence-corrected chi connectivity index (χ0v) is 61.8. The maximum atomic E-state index is 12.9. The Morgan fingerprint density at radius 2 is 0.735 bits per heavy atom. The van der Waals surface area contributed by atoms with Gasteiger partial charge in [0.2, 0.25) is 17.2 Å². The summed E-state index contributed by atoms with van der Waals surface area (Å²) in [5, 5.41) is 21.0. The number of ketones is 2. The SMILES string of the molecule is C.C.C.C.C.C.C.COc1ccc(C2=CC(O)CCc3c2cc(OC)c(OC)c3OC)cc1O[Si](C)(C)C(C)(C)C.COc1ccc(C2CC(=O)CCc3c2cc(OC)c(OC)c3OC)cc1O.COc1ccc(C2CC(=O)CCc3c2cc(OC)c(OC)c3OC)cc1O[Si](C)(C)C(C)(C)C. The Morgan fingerprint density at radius 1 is 0.382 bits per heavy atom. The van der Waals surface area contributed by atoms with E-state index in [4.69, 9.17) is 65.7 Å². The van der Waals surface area contributed by atoms with Crippen LogP contribution in [0, 0.1) is 0 Å². The van der Waals surface area contributed by atoms with E-state index in [2.05, 4.69) is 67.7 Å². The van der Waals surface area contributed by atoms with Crippen LogP contribution in [0.5, 0.6) is 86.2 Å². The summed E-state index contributed by atoms with van der Waals surface area (Å²) in [6.45, 7) is 22.1. The number of phenols is 1. The monoisotopic (exact) mass is 1460 g/mol. The van der Waals surface area contributed by atoms with Gasteiger partial charge in [0, 0.05) is 54.2 Å². The van der Waals surface area contributed by atoms with Gasteiger partial charge in [0.15, 0.2) is 57.5 Å². The molecule has 3 aliphatic rings. The molecule has 0 spiro atoms. The van der Waals surface area contributed by atoms with Crippen LogP contribution in [0.4, 0.5) is 0 Å². The molecule has 0 heterocycles. The van der Waals surface area contributed by atoms with Crippen LogP contribution in [0.2, 0.25) is 36.3 Å². The van der Waals surface area contributed by atoms with E-state index < -0.39 is 22.7 Å². The number of benzene rings is 6. The van der Waals surface area contributed by atoms with Gasteiger partial charge in [-0.1, -0.05) is 112 Å². The number of methoxy groups -OCH3 is 12. The minimum absolute atomic E-state index is 0. The molecule has 0 bridgehead atoms. The van der Waals surface area contributed by atoms with E-state index in [-0.39, 0.29) is 91.2 Å². The van der Waals surface area contributed by atoms with Gasteiger partial charge in [-0.25, -0.2) is 0 Å². The molecule has 102 heavy (non-hydrogen) atoms. The number of hydrogen-bond donors (Lipinski definition) is 2. The highest BCUT2D eigenvalue weighted by Gasteiger charge is 2.42. The number of fused-ring (bicyclic) bond motifs is 3. The Bertz CT molecular complexity index is 3750. The highest BCUT2D eigenvalue weighted by atomic mass is 28.4. The molecule has 0 saturated heterocycles. The van der Waals surface area contributed by atoms with Crippen molar-refractivity contribution < 1.29 is 85.5 Å². The fraction of sp³-hybridized carbons (Fsp3) is 0.512. The van der Waals surface area contributed by atoms with Gasteiger partial charge >= 0.3 is 0 Å². The second-order valence-electron chi connectivity index (χ2n) is 26.8. The predicted octanol–water partition coefficient (Wildman–Crippen LogP) is 19.9. The van der Waals surface area contributed by atoms with Crippen molar-refractivity contribution in [1.29, 1.82) is 0 Å². The van der Waals surface area contributed by atoms with E-state index in [9.17, 15) is 19.8 Å². The van der Waals surface area contributed by atoms with E-state index in [1.807, 2.05) is 66.7 Å². The van der Waals surface area contributed by atoms with Crippen LogP contribution in [0.1, 0.15) is 188 Å². The average molecular weight is 1460 g/mol. The number of hydrogen-bond acceptors (Lipinski definition) is 18. The van der Waals surface area contributed by atoms with Crippen molar-refractivity contribution in [1.82, 2.24) is 0 Å². The minimum Gasteiger partial charge on any atom is -0.541 e. The number of carbonyl (C=O) groups excluding carboxylic acids is 2. The molecular weight excluding hydrogens is 1330 g/mol. The zero-order valence-electron chi connectivity index (χ0n) is 59.8. The molecule has 0 saturated carbocycles. The normalized spacial score (nSPS) is 15.2. The fourth-order valence-electron chi connectivity index (χ4n) is 11.9. The molecule has 0 aliphatic heterocycles. The second-order valence-corrected chi connectivity index (χ2v) is 36.3. The smallest absolute Gasteiger partial charge is 0.250 e. The van der Waals surface area contributed by atoms with Crippen molar-refractivity contribution in [2.75, 3.05) is 85.3 Å². The Hall–Kier alpha value is -8.21. The molecule has 572 valence electrons. The van der Waals surface area contributed by atoms with Crippen LogP contribution in [0.15, 0.2) is 78.9 Å². The standard InChI is InChI=1S/2C27H38O6Si.C21H24O6.7CH4/c2*1-27(2,3)34(8,9)33-23-14-17(10-13-22(23)29-4)20-15-18(28)11-12-19-21(20)16-24(30-5)26(32-7)25(19)31-6;1-24-18-8-5-12(9-17(18)23)15-10-13(22)6-7-14-16(15)11-19(25-2)21(27-4)20(14)26-3;;;;;;;/h10,13-14,16,20H,11-12,15H2,1-9H3;10,13-16,18,28H,11-12H2,1-9H3;5,8-9,11,15,23H,6-7,10H2,1-4H3;7*1H4. The van der Waals surface area contributed by atoms with Gasteiger partial charge in [-0.2, -0.15) is 0 Å². The van der Waals surface area contributed by atoms with Crippen LogP contribution in [-0.2, 0) is 28.9 Å². The summed E-state index contributed by atoms with van der Waals surface area (Å²) in [5.41, 5.74) is 9.44. The molecule has 9 rings (SSSR count). The Balaban J connectivity index is 0.00000146. The number of phenolic OH excluding ortho intramolecular Hbond substituents is 1. The van der Waals surface area contributed by atoms with E-state index in [1.54, 1.807) is 90.3 Å². The first-order valence-corrected chi connectivity index (χ1v) is 37.8. The van der Waals surface area contributed by atoms with Crippen molar-refractivity contribution in [3.8, 4) is 86.2 Å². The third-order valence-corrected chi connectivity index (χ3v) is 27.8. The first kappa shape index (κ1) is 93.8. The molecule has 18 nitrogen and oxygen atoms in total. The third-order valence-electron chi connectivity index (χ3n) is 19.1. The molecule has 20 heteroatoms. The van der Waals surface area contributed by atoms with Crippen molar-refractivity contribution in [2.45, 2.75) is 199 Å². The lowest BCUT2D eigenvalue weighted by atomic mass is 9.85. The summed E-state index contributed by atoms with van der Waals surface area (Å²) in [6.07, 6.45) is 5.31. The van der Waals surface area contributed by atoms with E-state index in [0.29, 0.717) is 126 Å². The maximum Gasteiger partial charge on any atom is 0.250 e. The second kappa shape index (κ2) is 39.4. The summed E-state index contributed by atoms with van der Waals surface area (Å²) < 4.78 is 80.3. The fourth-order valence-corrected chi connectivity index (χ4v) is 13.9. The van der Waals surface area contributed by atoms with Gasteiger partial charge in [-0.05, 0) is 162 Å². The van der Waals surface area contributed by atoms with Crippen LogP contribution >= 0.6 is 0 Å². The number of ether oxygens (including phenoxy) is 12. The third kappa shape index (κ3) is 20.1. The van der Waals surface area contributed by atoms with Crippen molar-refractivity contribution >= 4 is 33.8 Å². The summed E-state index contributed by atoms with van der Waals surface area (Å²) in [6, 6.07) is 23.0. The molecule has 0 radical (unpaired) electrons. The van der Waals surface area contributed by atoms with Crippen LogP contribution in [-0.4, -0.2) is 130 Å². The lowest BCUT2D eigenvalue weighted by Gasteiger charge is -2.37. The maximum absolute atomic E-state index is 12.9. The molecule has 6 aromatic rings. The zero-order chi connectivity index (χ0) is 70.1. The lowest BCUT2D eigenvalue weighted by molar-refractivity contribution is -0.119. The molecule has 2 N–H and O–H groups in total. The predicted molar refractivity (Wildman–Crippen MR) is 423 cm³/mol. The highest BCUT2D eigenvalue weighted by Crippen LogP contribution is 2.53. The molecular formula is C82H128O18Si2. The summed E-state index contributed by atoms with van der Waals surface area (Å²) in [7, 11) is 15.0. The Morgan fingerprint density at radius 3 is 1.11 bits per heavy atom. The summed E-state index contributed by atoms with van der Waals surface area (Å²) >= 11 is 0. The first-order valence-electron chi connectivity index (χ1n) is 32.0. The summed E-state index contributed by atoms with van der Waals surface area (Å²) in [4.78, 5) is 25.3. The number of aliphatic hydroxyl groups excluding tert-OH is 1. The van der Waals surface area contributed by atoms with Gasteiger partial charge in [-0.3, -0.25) is 9.59 Å². The van der Waals surface area contributed by atoms with Crippen molar-refractivity contribution in [3.05, 3.63) is 129 Å². The number of rotatable bonds is 19. The van der Waals surface area contributed by atoms with E-state index in [0.717, 1.165) is 61.4 Å². The molecule has 3 aliphatic carbocycles. The Kier molecular flexibility index (Phi) is 36.3. The van der Waals surface area contributed by atoms with Crippen molar-refractivity contribution in [3.63, 3.8) is 0 Å². The molecule has 0 amide bonds. The van der Waals surface area contributed by atoms with Crippen LogP contribution in [0.3, 0.4) is 0 Å². The molecule has 3 unspecified atom stereocenters. The largest absolute Gasteiger partial charge is 0.541 e. The van der Waals surface area contributed by atoms with E-state index in [1.165, 1.54) is 7.11 Å². The van der Waals surface area contributed by atoms with Gasteiger partial charge in [0.1, 0.15) is 23.1 Å². The van der Waals surface area contributed by atoms with Crippen molar-refractivity contribution in [2.24, 2.45) is 0 Å². The number of aliphatic hydroxyl groups is 1. The lowest BCUT2D eigenvalue weighted by Crippen LogP contribution is -2.44. The average Bonchev–Trinajstić information content (AvgIpc) is 1.38.